The minimum atomic E-state index is 0.288. The van der Waals surface area contributed by atoms with Crippen LogP contribution in [0, 0.1) is 0 Å². The van der Waals surface area contributed by atoms with Crippen LogP contribution in [0.1, 0.15) is 16.7 Å². The third-order valence-electron chi connectivity index (χ3n) is 4.66. The molecule has 0 aliphatic carbocycles. The highest BCUT2D eigenvalue weighted by atomic mass is 79.9. The molecular formula is C23H20BrCl4NO2. The van der Waals surface area contributed by atoms with Gasteiger partial charge in [-0.05, 0) is 54.9 Å². The Balaban J connectivity index is 1.70. The lowest BCUT2D eigenvalue weighted by Gasteiger charge is -2.18. The number of ether oxygens (including phenoxy) is 2. The molecule has 0 unspecified atom stereocenters. The molecular weight excluding hydrogens is 544 g/mol. The zero-order chi connectivity index (χ0) is 22.4. The summed E-state index contributed by atoms with van der Waals surface area (Å²) >= 11 is 28.1. The van der Waals surface area contributed by atoms with E-state index in [4.69, 9.17) is 55.9 Å². The predicted molar refractivity (Wildman–Crippen MR) is 133 cm³/mol. The largest absolute Gasteiger partial charge is 0.493 e. The minimum absolute atomic E-state index is 0.288. The molecule has 3 nitrogen and oxygen atoms in total. The zero-order valence-electron chi connectivity index (χ0n) is 16.7. The van der Waals surface area contributed by atoms with Crippen molar-refractivity contribution < 1.29 is 9.47 Å². The highest BCUT2D eigenvalue weighted by Gasteiger charge is 2.15. The van der Waals surface area contributed by atoms with Crippen LogP contribution >= 0.6 is 62.3 Å². The van der Waals surface area contributed by atoms with E-state index < -0.39 is 0 Å². The zero-order valence-corrected chi connectivity index (χ0v) is 21.3. The summed E-state index contributed by atoms with van der Waals surface area (Å²) < 4.78 is 12.6. The summed E-state index contributed by atoms with van der Waals surface area (Å²) in [5.41, 5.74) is 2.83. The molecule has 0 aromatic heterocycles. The Kier molecular flexibility index (Phi) is 9.20. The van der Waals surface area contributed by atoms with Gasteiger partial charge in [-0.3, -0.25) is 0 Å². The van der Waals surface area contributed by atoms with Gasteiger partial charge in [0.1, 0.15) is 6.61 Å². The number of methoxy groups -OCH3 is 1. The fourth-order valence-corrected chi connectivity index (χ4v) is 4.43. The summed E-state index contributed by atoms with van der Waals surface area (Å²) in [6.07, 6.45) is 0.772. The molecule has 3 aromatic rings. The number of rotatable bonds is 9. The SMILES string of the molecule is COc1ccc(Br)c(CNCCc2ccc(Cl)cc2Cl)c1OCc1ccc(Cl)cc1Cl. The quantitative estimate of drug-likeness (QED) is 0.268. The molecule has 0 spiro atoms. The van der Waals surface area contributed by atoms with Crippen LogP contribution in [0.5, 0.6) is 11.5 Å². The van der Waals surface area contributed by atoms with Crippen molar-refractivity contribution in [1.82, 2.24) is 5.32 Å². The summed E-state index contributed by atoms with van der Waals surface area (Å²) in [6, 6.07) is 14.7. The summed E-state index contributed by atoms with van der Waals surface area (Å²) in [4.78, 5) is 0. The Morgan fingerprint density at radius 2 is 1.52 bits per heavy atom. The first-order valence-electron chi connectivity index (χ1n) is 9.45. The molecule has 0 fully saturated rings. The molecule has 3 aromatic carbocycles. The number of hydrogen-bond donors (Lipinski definition) is 1. The van der Waals surface area contributed by atoms with Crippen molar-refractivity contribution in [3.05, 3.63) is 89.8 Å². The third kappa shape index (κ3) is 6.67. The van der Waals surface area contributed by atoms with Crippen molar-refractivity contribution in [3.63, 3.8) is 0 Å². The molecule has 3 rings (SSSR count). The Morgan fingerprint density at radius 1 is 0.871 bits per heavy atom. The normalized spacial score (nSPS) is 10.9. The molecule has 1 N–H and O–H groups in total. The molecule has 0 saturated heterocycles. The molecule has 8 heteroatoms. The van der Waals surface area contributed by atoms with Crippen LogP contribution in [0.3, 0.4) is 0 Å². The Hall–Kier alpha value is -1.14. The van der Waals surface area contributed by atoms with Gasteiger partial charge >= 0.3 is 0 Å². The molecule has 0 amide bonds. The second-order valence-electron chi connectivity index (χ2n) is 6.74. The number of hydrogen-bond acceptors (Lipinski definition) is 3. The van der Waals surface area contributed by atoms with Crippen LogP contribution < -0.4 is 14.8 Å². The molecule has 0 atom stereocenters. The van der Waals surface area contributed by atoms with Gasteiger partial charge in [0.25, 0.3) is 0 Å². The summed E-state index contributed by atoms with van der Waals surface area (Å²) in [5, 5.41) is 5.88. The second kappa shape index (κ2) is 11.6. The van der Waals surface area contributed by atoms with Gasteiger partial charge in [0.2, 0.25) is 0 Å². The number of benzene rings is 3. The Morgan fingerprint density at radius 3 is 2.13 bits per heavy atom. The predicted octanol–water partition coefficient (Wildman–Crippen LogP) is 7.98. The maximum Gasteiger partial charge on any atom is 0.167 e. The van der Waals surface area contributed by atoms with Crippen molar-refractivity contribution in [1.29, 1.82) is 0 Å². The monoisotopic (exact) mass is 561 g/mol. The minimum Gasteiger partial charge on any atom is -0.493 e. The molecule has 0 aliphatic heterocycles. The fourth-order valence-electron chi connectivity index (χ4n) is 3.02. The maximum atomic E-state index is 6.29. The first kappa shape index (κ1) is 24.5. The van der Waals surface area contributed by atoms with Crippen LogP contribution in [-0.4, -0.2) is 13.7 Å². The third-order valence-corrected chi connectivity index (χ3v) is 6.58. The van der Waals surface area contributed by atoms with E-state index in [0.29, 0.717) is 38.1 Å². The van der Waals surface area contributed by atoms with E-state index in [-0.39, 0.29) is 6.61 Å². The van der Waals surface area contributed by atoms with Gasteiger partial charge in [-0.25, -0.2) is 0 Å². The van der Waals surface area contributed by atoms with Gasteiger partial charge in [-0.1, -0.05) is 74.5 Å². The van der Waals surface area contributed by atoms with Crippen molar-refractivity contribution >= 4 is 62.3 Å². The van der Waals surface area contributed by atoms with Gasteiger partial charge in [-0.15, -0.1) is 0 Å². The lowest BCUT2D eigenvalue weighted by Crippen LogP contribution is -2.18. The maximum absolute atomic E-state index is 6.29. The van der Waals surface area contributed by atoms with Crippen LogP contribution in [0.2, 0.25) is 20.1 Å². The molecule has 0 heterocycles. The van der Waals surface area contributed by atoms with E-state index in [9.17, 15) is 0 Å². The summed E-state index contributed by atoms with van der Waals surface area (Å²) in [6.45, 7) is 1.59. The van der Waals surface area contributed by atoms with E-state index in [0.717, 1.165) is 34.1 Å². The van der Waals surface area contributed by atoms with E-state index in [1.807, 2.05) is 30.3 Å². The Bertz CT molecular complexity index is 1060. The number of halogens is 5. The summed E-state index contributed by atoms with van der Waals surface area (Å²) in [7, 11) is 1.62. The molecule has 0 radical (unpaired) electrons. The smallest absolute Gasteiger partial charge is 0.167 e. The summed E-state index contributed by atoms with van der Waals surface area (Å²) in [5.74, 6) is 1.30. The van der Waals surface area contributed by atoms with E-state index in [1.54, 1.807) is 25.3 Å². The van der Waals surface area contributed by atoms with Crippen LogP contribution in [0.4, 0.5) is 0 Å². The van der Waals surface area contributed by atoms with Crippen molar-refractivity contribution in [3.8, 4) is 11.5 Å². The van der Waals surface area contributed by atoms with E-state index in [1.165, 1.54) is 0 Å². The lowest BCUT2D eigenvalue weighted by molar-refractivity contribution is 0.280. The highest BCUT2D eigenvalue weighted by Crippen LogP contribution is 2.37. The molecule has 0 bridgehead atoms. The average Bonchev–Trinajstić information content (AvgIpc) is 2.73. The van der Waals surface area contributed by atoms with Gasteiger partial charge in [-0.2, -0.15) is 0 Å². The molecule has 164 valence electrons. The van der Waals surface area contributed by atoms with Gasteiger partial charge < -0.3 is 14.8 Å². The first-order valence-corrected chi connectivity index (χ1v) is 11.8. The highest BCUT2D eigenvalue weighted by molar-refractivity contribution is 9.10. The molecule has 31 heavy (non-hydrogen) atoms. The average molecular weight is 564 g/mol. The van der Waals surface area contributed by atoms with Crippen LogP contribution in [-0.2, 0) is 19.6 Å². The van der Waals surface area contributed by atoms with Crippen molar-refractivity contribution in [2.75, 3.05) is 13.7 Å². The van der Waals surface area contributed by atoms with Crippen LogP contribution in [0.25, 0.3) is 0 Å². The van der Waals surface area contributed by atoms with Crippen molar-refractivity contribution in [2.24, 2.45) is 0 Å². The van der Waals surface area contributed by atoms with Crippen LogP contribution in [0.15, 0.2) is 53.0 Å². The standard InChI is InChI=1S/C23H20BrCl4NO2/c1-30-22-7-6-19(24)18(12-29-9-8-14-2-4-16(25)10-20(14)27)23(22)31-13-15-3-5-17(26)11-21(15)28/h2-7,10-11,29H,8-9,12-13H2,1H3. The second-order valence-corrected chi connectivity index (χ2v) is 9.29. The fraction of sp³-hybridized carbons (Fsp3) is 0.217. The van der Waals surface area contributed by atoms with E-state index >= 15 is 0 Å². The van der Waals surface area contributed by atoms with Gasteiger partial charge in [0, 0.05) is 42.2 Å². The topological polar surface area (TPSA) is 30.5 Å². The van der Waals surface area contributed by atoms with Crippen molar-refractivity contribution in [2.45, 2.75) is 19.6 Å². The van der Waals surface area contributed by atoms with E-state index in [2.05, 4.69) is 21.2 Å². The molecule has 0 aliphatic rings. The number of nitrogens with one attached hydrogen (secondary N) is 1. The lowest BCUT2D eigenvalue weighted by atomic mass is 10.1. The first-order chi connectivity index (χ1) is 14.9. The Labute approximate surface area is 210 Å². The van der Waals surface area contributed by atoms with Gasteiger partial charge in [0.15, 0.2) is 11.5 Å². The van der Waals surface area contributed by atoms with Gasteiger partial charge in [0.05, 0.1) is 7.11 Å². The molecule has 0 saturated carbocycles.